The summed E-state index contributed by atoms with van der Waals surface area (Å²) in [6, 6.07) is 8.71. The van der Waals surface area contributed by atoms with Crippen LogP contribution in [0.5, 0.6) is 0 Å². The van der Waals surface area contributed by atoms with Crippen LogP contribution in [0, 0.1) is 0 Å². The summed E-state index contributed by atoms with van der Waals surface area (Å²) in [6.45, 7) is 7.16. The van der Waals surface area contributed by atoms with E-state index >= 15 is 0 Å². The fourth-order valence-corrected chi connectivity index (χ4v) is 4.42. The van der Waals surface area contributed by atoms with Gasteiger partial charge >= 0.3 is 0 Å². The van der Waals surface area contributed by atoms with E-state index < -0.39 is 0 Å². The van der Waals surface area contributed by atoms with E-state index in [2.05, 4.69) is 51.9 Å². The summed E-state index contributed by atoms with van der Waals surface area (Å²) in [4.78, 5) is 19.4. The third-order valence-corrected chi connectivity index (χ3v) is 6.11. The minimum Gasteiger partial charge on any atom is -0.340 e. The smallest absolute Gasteiger partial charge is 0.222 e. The summed E-state index contributed by atoms with van der Waals surface area (Å²) in [6.07, 6.45) is 7.54. The highest BCUT2D eigenvalue weighted by atomic mass is 16.2. The molecule has 146 valence electrons. The molecule has 2 aliphatic heterocycles. The van der Waals surface area contributed by atoms with E-state index in [0.29, 0.717) is 12.3 Å². The summed E-state index contributed by atoms with van der Waals surface area (Å²) in [7, 11) is 2.12. The van der Waals surface area contributed by atoms with Gasteiger partial charge in [-0.3, -0.25) is 9.69 Å². The van der Waals surface area contributed by atoms with Crippen molar-refractivity contribution in [3.63, 3.8) is 0 Å². The van der Waals surface area contributed by atoms with Crippen molar-refractivity contribution in [2.24, 2.45) is 0 Å². The highest BCUT2D eigenvalue weighted by Gasteiger charge is 2.19. The first-order valence-electron chi connectivity index (χ1n) is 10.5. The number of aromatic nitrogens is 1. The molecule has 0 radical (unpaired) electrons. The highest BCUT2D eigenvalue weighted by molar-refractivity contribution is 5.84. The lowest BCUT2D eigenvalue weighted by molar-refractivity contribution is -0.132. The quantitative estimate of drug-likeness (QED) is 0.786. The van der Waals surface area contributed by atoms with E-state index in [9.17, 15) is 4.79 Å². The maximum atomic E-state index is 12.5. The Bertz CT molecular complexity index is 770. The molecule has 1 aromatic carbocycles. The summed E-state index contributed by atoms with van der Waals surface area (Å²) in [5.74, 6) is 0.323. The van der Waals surface area contributed by atoms with Gasteiger partial charge in [0, 0.05) is 49.7 Å². The topological polar surface area (TPSA) is 31.7 Å². The molecule has 2 aliphatic rings. The van der Waals surface area contributed by atoms with Crippen LogP contribution >= 0.6 is 0 Å². The second kappa shape index (κ2) is 8.44. The predicted octanol–water partition coefficient (Wildman–Crippen LogP) is 2.79. The van der Waals surface area contributed by atoms with E-state index in [4.69, 9.17) is 0 Å². The van der Waals surface area contributed by atoms with Crippen LogP contribution in [-0.4, -0.2) is 71.5 Å². The molecule has 2 fully saturated rings. The predicted molar refractivity (Wildman–Crippen MR) is 110 cm³/mol. The Labute approximate surface area is 162 Å². The summed E-state index contributed by atoms with van der Waals surface area (Å²) in [5, 5.41) is 1.35. The fraction of sp³-hybridized carbons (Fsp3) is 0.591. The molecule has 0 bridgehead atoms. The van der Waals surface area contributed by atoms with Crippen LogP contribution in [0.15, 0.2) is 30.5 Å². The second-order valence-corrected chi connectivity index (χ2v) is 8.15. The number of hydrogen-bond donors (Lipinski definition) is 0. The molecule has 27 heavy (non-hydrogen) atoms. The third-order valence-electron chi connectivity index (χ3n) is 6.11. The molecule has 4 rings (SSSR count). The average Bonchev–Trinajstić information content (AvgIpc) is 3.31. The number of para-hydroxylation sites is 1. The first-order valence-corrected chi connectivity index (χ1v) is 10.5. The number of rotatable bonds is 6. The Morgan fingerprint density at radius 2 is 1.74 bits per heavy atom. The molecule has 2 saturated heterocycles. The van der Waals surface area contributed by atoms with Crippen molar-refractivity contribution in [1.82, 2.24) is 19.3 Å². The number of likely N-dealkylation sites (tertiary alicyclic amines) is 1. The van der Waals surface area contributed by atoms with E-state index in [1.165, 1.54) is 42.4 Å². The van der Waals surface area contributed by atoms with Crippen molar-refractivity contribution < 1.29 is 4.79 Å². The van der Waals surface area contributed by atoms with Crippen LogP contribution in [0.1, 0.15) is 31.2 Å². The minimum atomic E-state index is 0.323. The van der Waals surface area contributed by atoms with Crippen molar-refractivity contribution >= 4 is 16.8 Å². The molecule has 0 saturated carbocycles. The Kier molecular flexibility index (Phi) is 5.79. The number of nitrogens with zero attached hydrogens (tertiary/aromatic N) is 4. The molecule has 0 N–H and O–H groups in total. The lowest BCUT2D eigenvalue weighted by atomic mass is 10.1. The first-order chi connectivity index (χ1) is 13.2. The zero-order valence-corrected chi connectivity index (χ0v) is 16.6. The van der Waals surface area contributed by atoms with E-state index in [-0.39, 0.29) is 0 Å². The van der Waals surface area contributed by atoms with Crippen molar-refractivity contribution in [2.45, 2.75) is 38.8 Å². The van der Waals surface area contributed by atoms with Gasteiger partial charge in [-0.15, -0.1) is 0 Å². The summed E-state index contributed by atoms with van der Waals surface area (Å²) in [5.41, 5.74) is 2.71. The molecular weight excluding hydrogens is 336 g/mol. The van der Waals surface area contributed by atoms with Gasteiger partial charge in [0.05, 0.1) is 6.67 Å². The first kappa shape index (κ1) is 18.5. The number of carbonyl (C=O) groups excluding carboxylic acids is 1. The summed E-state index contributed by atoms with van der Waals surface area (Å²) < 4.78 is 2.40. The maximum absolute atomic E-state index is 12.5. The average molecular weight is 369 g/mol. The van der Waals surface area contributed by atoms with Crippen molar-refractivity contribution in [3.05, 3.63) is 36.0 Å². The van der Waals surface area contributed by atoms with Crippen LogP contribution < -0.4 is 0 Å². The van der Waals surface area contributed by atoms with Crippen molar-refractivity contribution in [3.8, 4) is 0 Å². The number of aryl methyl sites for hydroxylation is 1. The van der Waals surface area contributed by atoms with Crippen LogP contribution in [0.2, 0.25) is 0 Å². The zero-order valence-electron chi connectivity index (χ0n) is 16.6. The number of amides is 1. The van der Waals surface area contributed by atoms with Crippen LogP contribution in [0.25, 0.3) is 10.9 Å². The largest absolute Gasteiger partial charge is 0.340 e. The fourth-order valence-electron chi connectivity index (χ4n) is 4.42. The standard InChI is InChI=1S/C22H32N4O/c1-23-13-15-25(16-14-23)22(27)10-6-7-19-17-26(18-24-11-4-5-12-24)21-9-3-2-8-20(19)21/h2-3,8-9,17H,4-7,10-16,18H2,1H3. The lowest BCUT2D eigenvalue weighted by Crippen LogP contribution is -2.47. The van der Waals surface area contributed by atoms with Crippen LogP contribution in [0.3, 0.4) is 0 Å². The van der Waals surface area contributed by atoms with Crippen molar-refractivity contribution in [1.29, 1.82) is 0 Å². The van der Waals surface area contributed by atoms with E-state index in [1.807, 2.05) is 4.90 Å². The van der Waals surface area contributed by atoms with Gasteiger partial charge in [-0.1, -0.05) is 18.2 Å². The molecule has 1 aromatic heterocycles. The molecule has 0 unspecified atom stereocenters. The van der Waals surface area contributed by atoms with Crippen LogP contribution in [-0.2, 0) is 17.9 Å². The van der Waals surface area contributed by atoms with Gasteiger partial charge in [0.15, 0.2) is 0 Å². The zero-order chi connectivity index (χ0) is 18.6. The molecule has 5 nitrogen and oxygen atoms in total. The number of hydrogen-bond acceptors (Lipinski definition) is 3. The highest BCUT2D eigenvalue weighted by Crippen LogP contribution is 2.24. The maximum Gasteiger partial charge on any atom is 0.222 e. The SMILES string of the molecule is CN1CCN(C(=O)CCCc2cn(CN3CCCC3)c3ccccc23)CC1. The van der Waals surface area contributed by atoms with E-state index in [1.54, 1.807) is 0 Å². The molecule has 0 atom stereocenters. The van der Waals surface area contributed by atoms with Gasteiger partial charge in [-0.2, -0.15) is 0 Å². The Balaban J connectivity index is 1.37. The molecule has 2 aromatic rings. The van der Waals surface area contributed by atoms with Gasteiger partial charge in [0.25, 0.3) is 0 Å². The van der Waals surface area contributed by atoms with Gasteiger partial charge in [-0.25, -0.2) is 0 Å². The number of benzene rings is 1. The van der Waals surface area contributed by atoms with Gasteiger partial charge in [0.2, 0.25) is 5.91 Å². The number of carbonyl (C=O) groups is 1. The molecule has 0 aliphatic carbocycles. The molecular formula is C22H32N4O. The molecule has 0 spiro atoms. The van der Waals surface area contributed by atoms with Gasteiger partial charge in [-0.05, 0) is 57.5 Å². The molecule has 5 heteroatoms. The van der Waals surface area contributed by atoms with E-state index in [0.717, 1.165) is 45.7 Å². The van der Waals surface area contributed by atoms with Crippen LogP contribution in [0.4, 0.5) is 0 Å². The summed E-state index contributed by atoms with van der Waals surface area (Å²) >= 11 is 0. The monoisotopic (exact) mass is 368 g/mol. The van der Waals surface area contributed by atoms with Gasteiger partial charge in [0.1, 0.15) is 0 Å². The normalized spacial score (nSPS) is 19.2. The lowest BCUT2D eigenvalue weighted by Gasteiger charge is -2.32. The Morgan fingerprint density at radius 3 is 2.52 bits per heavy atom. The Hall–Kier alpha value is -1.85. The minimum absolute atomic E-state index is 0.323. The number of fused-ring (bicyclic) bond motifs is 1. The number of likely N-dealkylation sites (N-methyl/N-ethyl adjacent to an activating group) is 1. The third kappa shape index (κ3) is 4.36. The molecule has 3 heterocycles. The second-order valence-electron chi connectivity index (χ2n) is 8.15. The van der Waals surface area contributed by atoms with Gasteiger partial charge < -0.3 is 14.4 Å². The van der Waals surface area contributed by atoms with Crippen molar-refractivity contribution in [2.75, 3.05) is 46.3 Å². The number of piperazine rings is 1. The molecule has 1 amide bonds. The Morgan fingerprint density at radius 1 is 1.00 bits per heavy atom.